The Morgan fingerprint density at radius 2 is 1.61 bits per heavy atom. The zero-order chi connectivity index (χ0) is 20.9. The third-order valence-electron chi connectivity index (χ3n) is 3.31. The van der Waals surface area contributed by atoms with Gasteiger partial charge >= 0.3 is 0 Å². The van der Waals surface area contributed by atoms with Gasteiger partial charge in [0.05, 0.1) is 13.4 Å². The maximum absolute atomic E-state index is 11.7. The summed E-state index contributed by atoms with van der Waals surface area (Å²) in [5.74, 6) is 0. The van der Waals surface area contributed by atoms with Crippen LogP contribution in [0, 0.1) is 0 Å². The Labute approximate surface area is 166 Å². The predicted molar refractivity (Wildman–Crippen MR) is 109 cm³/mol. The lowest BCUT2D eigenvalue weighted by Crippen LogP contribution is -2.09. The van der Waals surface area contributed by atoms with Crippen LogP contribution in [-0.2, 0) is 35.6 Å². The van der Waals surface area contributed by atoms with Gasteiger partial charge in [-0.1, -0.05) is 30.4 Å². The number of hydrogen-bond acceptors (Lipinski definition) is 6. The smallest absolute Gasteiger partial charge is 0.284 e. The second kappa shape index (κ2) is 8.84. The highest BCUT2D eigenvalue weighted by atomic mass is 32.2. The van der Waals surface area contributed by atoms with E-state index in [1.165, 1.54) is 25.3 Å². The highest BCUT2D eigenvalue weighted by Crippen LogP contribution is 2.23. The van der Waals surface area contributed by atoms with Crippen LogP contribution in [0.2, 0.25) is 0 Å². The van der Waals surface area contributed by atoms with Gasteiger partial charge in [-0.15, -0.1) is 0 Å². The molecule has 0 aliphatic heterocycles. The molecule has 0 fully saturated rings. The Morgan fingerprint density at radius 3 is 2.14 bits per heavy atom. The van der Waals surface area contributed by atoms with Gasteiger partial charge in [0, 0.05) is 11.4 Å². The minimum absolute atomic E-state index is 0.182. The Balaban J connectivity index is 2.30. The van der Waals surface area contributed by atoms with Crippen molar-refractivity contribution in [2.75, 3.05) is 22.8 Å². The molecule has 2 rings (SSSR count). The average Bonchev–Trinajstić information content (AvgIpc) is 2.59. The molecular formula is C16H18N2O7S3. The fourth-order valence-electron chi connectivity index (χ4n) is 2.16. The van der Waals surface area contributed by atoms with Crippen molar-refractivity contribution in [3.8, 4) is 0 Å². The number of anilines is 2. The highest BCUT2D eigenvalue weighted by molar-refractivity contribution is 7.92. The summed E-state index contributed by atoms with van der Waals surface area (Å²) in [6.45, 7) is 0. The molecule has 0 saturated carbocycles. The zero-order valence-corrected chi connectivity index (χ0v) is 17.3. The van der Waals surface area contributed by atoms with Crippen LogP contribution < -0.4 is 9.44 Å². The molecule has 0 bridgehead atoms. The van der Waals surface area contributed by atoms with Crippen molar-refractivity contribution >= 4 is 54.9 Å². The van der Waals surface area contributed by atoms with E-state index in [9.17, 15) is 25.6 Å². The summed E-state index contributed by atoms with van der Waals surface area (Å²) in [6.07, 6.45) is 4.10. The Kier molecular flexibility index (Phi) is 6.96. The molecule has 0 amide bonds. The largest absolute Gasteiger partial charge is 0.295 e. The van der Waals surface area contributed by atoms with Crippen LogP contribution >= 0.6 is 0 Å². The van der Waals surface area contributed by atoms with Crippen molar-refractivity contribution in [1.29, 1.82) is 0 Å². The van der Waals surface area contributed by atoms with Crippen LogP contribution in [0.1, 0.15) is 11.1 Å². The fraction of sp³-hybridized carbons (Fsp3) is 0.125. The fourth-order valence-corrected chi connectivity index (χ4v) is 3.84. The summed E-state index contributed by atoms with van der Waals surface area (Å²) in [5.41, 5.74) is 1.44. The normalized spacial score (nSPS) is 13.4. The molecule has 152 valence electrons. The standard InChI is InChI=1S/C16H18N2O7S3/c1-25-26(19)17-15-10-7-13(16(11-15)28(22,23)24)6-3-12-4-8-14(9-5-12)18-27(2,20)21/h3-11,17-18H,1-2H3,(H,22,23,24). The molecule has 12 heteroatoms. The van der Waals surface area contributed by atoms with Gasteiger partial charge in [0.25, 0.3) is 21.4 Å². The molecule has 0 aliphatic rings. The lowest BCUT2D eigenvalue weighted by molar-refractivity contribution is 0.449. The number of rotatable bonds is 8. The number of benzene rings is 2. The summed E-state index contributed by atoms with van der Waals surface area (Å²) in [5, 5.41) is 0. The van der Waals surface area contributed by atoms with E-state index in [4.69, 9.17) is 0 Å². The topological polar surface area (TPSA) is 139 Å². The second-order valence-corrected chi connectivity index (χ2v) is 9.71. The van der Waals surface area contributed by atoms with Crippen LogP contribution in [0.15, 0.2) is 47.4 Å². The van der Waals surface area contributed by atoms with Gasteiger partial charge in [0.2, 0.25) is 10.0 Å². The molecule has 1 atom stereocenters. The van der Waals surface area contributed by atoms with Gasteiger partial charge in [-0.3, -0.25) is 18.2 Å². The highest BCUT2D eigenvalue weighted by Gasteiger charge is 2.15. The molecule has 28 heavy (non-hydrogen) atoms. The zero-order valence-electron chi connectivity index (χ0n) is 14.8. The summed E-state index contributed by atoms with van der Waals surface area (Å²) in [4.78, 5) is -0.378. The van der Waals surface area contributed by atoms with Crippen molar-refractivity contribution in [3.63, 3.8) is 0 Å². The Hall–Kier alpha value is -2.25. The molecule has 1 unspecified atom stereocenters. The SMILES string of the molecule is COS(=O)Nc1ccc(C=Cc2ccc(NS(C)(=O)=O)cc2)c(S(=O)(=O)O)c1. The third-order valence-corrected chi connectivity index (χ3v) is 5.53. The molecular weight excluding hydrogens is 428 g/mol. The molecule has 0 aliphatic carbocycles. The van der Waals surface area contributed by atoms with Crippen molar-refractivity contribution < 1.29 is 29.8 Å². The first-order valence-electron chi connectivity index (χ1n) is 7.58. The van der Waals surface area contributed by atoms with Crippen molar-refractivity contribution in [2.24, 2.45) is 0 Å². The maximum atomic E-state index is 11.7. The quantitative estimate of drug-likeness (QED) is 0.417. The van der Waals surface area contributed by atoms with Gasteiger partial charge in [0.15, 0.2) is 0 Å². The molecule has 9 nitrogen and oxygen atoms in total. The second-order valence-electron chi connectivity index (χ2n) is 5.56. The van der Waals surface area contributed by atoms with Gasteiger partial charge in [0.1, 0.15) is 4.90 Å². The van der Waals surface area contributed by atoms with Gasteiger partial charge in [-0.2, -0.15) is 8.42 Å². The Bertz CT molecular complexity index is 1110. The molecule has 0 heterocycles. The maximum Gasteiger partial charge on any atom is 0.295 e. The van der Waals surface area contributed by atoms with Crippen LogP contribution in [0.4, 0.5) is 11.4 Å². The molecule has 2 aromatic rings. The number of sulfonamides is 1. The first-order valence-corrected chi connectivity index (χ1v) is 12.0. The molecule has 0 spiro atoms. The molecule has 0 aromatic heterocycles. The minimum atomic E-state index is -4.54. The van der Waals surface area contributed by atoms with Crippen LogP contribution in [-0.4, -0.2) is 39.0 Å². The van der Waals surface area contributed by atoms with Gasteiger partial charge in [-0.25, -0.2) is 12.6 Å². The minimum Gasteiger partial charge on any atom is -0.284 e. The number of nitrogens with one attached hydrogen (secondary N) is 2. The van der Waals surface area contributed by atoms with E-state index in [2.05, 4.69) is 13.6 Å². The molecule has 0 saturated heterocycles. The summed E-state index contributed by atoms with van der Waals surface area (Å²) in [6, 6.07) is 10.4. The van der Waals surface area contributed by atoms with Gasteiger partial charge in [-0.05, 0) is 35.4 Å². The first kappa shape index (κ1) is 22.0. The van der Waals surface area contributed by atoms with E-state index < -0.39 is 31.4 Å². The van der Waals surface area contributed by atoms with Crippen LogP contribution in [0.25, 0.3) is 12.2 Å². The van der Waals surface area contributed by atoms with E-state index in [1.807, 2.05) is 0 Å². The lowest BCUT2D eigenvalue weighted by atomic mass is 10.1. The Morgan fingerprint density at radius 1 is 1.00 bits per heavy atom. The van der Waals surface area contributed by atoms with Crippen LogP contribution in [0.3, 0.4) is 0 Å². The molecule has 2 aromatic carbocycles. The predicted octanol–water partition coefficient (Wildman–Crippen LogP) is 2.11. The summed E-state index contributed by atoms with van der Waals surface area (Å²) < 4.78 is 75.9. The van der Waals surface area contributed by atoms with Crippen molar-refractivity contribution in [3.05, 3.63) is 53.6 Å². The van der Waals surface area contributed by atoms with E-state index in [1.54, 1.807) is 30.3 Å². The summed E-state index contributed by atoms with van der Waals surface area (Å²) in [7, 11) is -6.71. The average molecular weight is 447 g/mol. The van der Waals surface area contributed by atoms with E-state index in [0.717, 1.165) is 12.3 Å². The van der Waals surface area contributed by atoms with E-state index >= 15 is 0 Å². The monoisotopic (exact) mass is 446 g/mol. The molecule has 3 N–H and O–H groups in total. The van der Waals surface area contributed by atoms with E-state index in [0.29, 0.717) is 11.3 Å². The lowest BCUT2D eigenvalue weighted by Gasteiger charge is -2.08. The van der Waals surface area contributed by atoms with Gasteiger partial charge < -0.3 is 0 Å². The number of hydrogen-bond donors (Lipinski definition) is 3. The molecule has 0 radical (unpaired) electrons. The van der Waals surface area contributed by atoms with Crippen LogP contribution in [0.5, 0.6) is 0 Å². The van der Waals surface area contributed by atoms with Crippen molar-refractivity contribution in [1.82, 2.24) is 0 Å². The van der Waals surface area contributed by atoms with Crippen molar-refractivity contribution in [2.45, 2.75) is 4.90 Å². The van der Waals surface area contributed by atoms with E-state index in [-0.39, 0.29) is 16.1 Å². The first-order chi connectivity index (χ1) is 13.0. The third kappa shape index (κ3) is 6.73. The summed E-state index contributed by atoms with van der Waals surface area (Å²) >= 11 is -1.86.